The molecule has 0 saturated heterocycles. The Labute approximate surface area is 116 Å². The summed E-state index contributed by atoms with van der Waals surface area (Å²) >= 11 is 6.13. The summed E-state index contributed by atoms with van der Waals surface area (Å²) in [5, 5.41) is 11.2. The molecule has 3 nitrogen and oxygen atoms in total. The average molecular weight is 279 g/mol. The minimum atomic E-state index is -0.767. The molecular weight excluding hydrogens is 264 g/mol. The third kappa shape index (κ3) is 3.61. The van der Waals surface area contributed by atoms with Gasteiger partial charge in [0.15, 0.2) is 0 Å². The molecule has 0 fully saturated rings. The summed E-state index contributed by atoms with van der Waals surface area (Å²) in [4.78, 5) is 10.4. The number of benzene rings is 2. The SMILES string of the molecule is O=C(O)CCCCOc1ccc(Cl)c2ccccc12. The van der Waals surface area contributed by atoms with E-state index in [-0.39, 0.29) is 6.42 Å². The summed E-state index contributed by atoms with van der Waals surface area (Å²) in [7, 11) is 0. The van der Waals surface area contributed by atoms with Crippen LogP contribution in [0.2, 0.25) is 5.02 Å². The molecule has 0 unspecified atom stereocenters. The van der Waals surface area contributed by atoms with Crippen molar-refractivity contribution in [2.24, 2.45) is 0 Å². The van der Waals surface area contributed by atoms with Crippen LogP contribution in [-0.2, 0) is 4.79 Å². The molecule has 2 aromatic carbocycles. The van der Waals surface area contributed by atoms with Crippen LogP contribution in [-0.4, -0.2) is 17.7 Å². The number of carbonyl (C=O) groups is 1. The maximum absolute atomic E-state index is 10.4. The van der Waals surface area contributed by atoms with Crippen molar-refractivity contribution in [1.29, 1.82) is 0 Å². The van der Waals surface area contributed by atoms with Crippen molar-refractivity contribution in [3.8, 4) is 5.75 Å². The zero-order valence-corrected chi connectivity index (χ0v) is 11.2. The lowest BCUT2D eigenvalue weighted by molar-refractivity contribution is -0.137. The number of carboxylic acids is 1. The van der Waals surface area contributed by atoms with Crippen LogP contribution in [0.3, 0.4) is 0 Å². The van der Waals surface area contributed by atoms with Crippen molar-refractivity contribution < 1.29 is 14.6 Å². The van der Waals surface area contributed by atoms with Crippen molar-refractivity contribution >= 4 is 28.3 Å². The molecule has 0 radical (unpaired) electrons. The first-order valence-corrected chi connectivity index (χ1v) is 6.58. The molecule has 0 aliphatic carbocycles. The number of hydrogen-bond acceptors (Lipinski definition) is 2. The maximum Gasteiger partial charge on any atom is 0.303 e. The second-order valence-corrected chi connectivity index (χ2v) is 4.70. The number of halogens is 1. The summed E-state index contributed by atoms with van der Waals surface area (Å²) < 4.78 is 5.70. The van der Waals surface area contributed by atoms with Gasteiger partial charge in [0.1, 0.15) is 5.75 Å². The van der Waals surface area contributed by atoms with Gasteiger partial charge in [-0.15, -0.1) is 0 Å². The molecule has 0 bridgehead atoms. The highest BCUT2D eigenvalue weighted by molar-refractivity contribution is 6.35. The molecule has 2 rings (SSSR count). The predicted octanol–water partition coefficient (Wildman–Crippen LogP) is 4.13. The van der Waals surface area contributed by atoms with Gasteiger partial charge in [0, 0.05) is 22.2 Å². The Bertz CT molecular complexity index is 581. The molecule has 0 saturated carbocycles. The van der Waals surface area contributed by atoms with Crippen LogP contribution in [0.15, 0.2) is 36.4 Å². The molecule has 0 aliphatic heterocycles. The Kier molecular flexibility index (Phi) is 4.63. The van der Waals surface area contributed by atoms with Gasteiger partial charge in [0.05, 0.1) is 6.61 Å². The van der Waals surface area contributed by atoms with Gasteiger partial charge in [0.2, 0.25) is 0 Å². The lowest BCUT2D eigenvalue weighted by Crippen LogP contribution is -2.00. The minimum Gasteiger partial charge on any atom is -0.493 e. The standard InChI is InChI=1S/C15H15ClO3/c16-13-8-9-14(12-6-2-1-5-11(12)13)19-10-4-3-7-15(17)18/h1-2,5-6,8-9H,3-4,7,10H2,(H,17,18). The summed E-state index contributed by atoms with van der Waals surface area (Å²) in [6.45, 7) is 0.513. The van der Waals surface area contributed by atoms with Crippen molar-refractivity contribution in [2.45, 2.75) is 19.3 Å². The summed E-state index contributed by atoms with van der Waals surface area (Å²) in [6.07, 6.45) is 1.54. The molecular formula is C15H15ClO3. The molecule has 19 heavy (non-hydrogen) atoms. The van der Waals surface area contributed by atoms with Crippen LogP contribution in [0.1, 0.15) is 19.3 Å². The topological polar surface area (TPSA) is 46.5 Å². The highest BCUT2D eigenvalue weighted by Gasteiger charge is 2.05. The van der Waals surface area contributed by atoms with Gasteiger partial charge in [-0.1, -0.05) is 35.9 Å². The second-order valence-electron chi connectivity index (χ2n) is 4.29. The van der Waals surface area contributed by atoms with Gasteiger partial charge < -0.3 is 9.84 Å². The highest BCUT2D eigenvalue weighted by atomic mass is 35.5. The molecule has 100 valence electrons. The molecule has 4 heteroatoms. The van der Waals surface area contributed by atoms with E-state index in [0.717, 1.165) is 22.9 Å². The molecule has 0 spiro atoms. The molecule has 0 atom stereocenters. The molecule has 1 N–H and O–H groups in total. The van der Waals surface area contributed by atoms with Crippen LogP contribution < -0.4 is 4.74 Å². The zero-order chi connectivity index (χ0) is 13.7. The monoisotopic (exact) mass is 278 g/mol. The number of hydrogen-bond donors (Lipinski definition) is 1. The third-order valence-electron chi connectivity index (χ3n) is 2.87. The largest absolute Gasteiger partial charge is 0.493 e. The molecule has 0 heterocycles. The highest BCUT2D eigenvalue weighted by Crippen LogP contribution is 2.31. The van der Waals surface area contributed by atoms with E-state index >= 15 is 0 Å². The Morgan fingerprint density at radius 2 is 1.84 bits per heavy atom. The summed E-state index contributed by atoms with van der Waals surface area (Å²) in [5.41, 5.74) is 0. The first kappa shape index (κ1) is 13.7. The van der Waals surface area contributed by atoms with E-state index in [1.54, 1.807) is 0 Å². The van der Waals surface area contributed by atoms with E-state index in [9.17, 15) is 4.79 Å². The first-order valence-electron chi connectivity index (χ1n) is 6.20. The predicted molar refractivity (Wildman–Crippen MR) is 75.9 cm³/mol. The van der Waals surface area contributed by atoms with Gasteiger partial charge in [-0.25, -0.2) is 0 Å². The van der Waals surface area contributed by atoms with Crippen LogP contribution in [0, 0.1) is 0 Å². The Balaban J connectivity index is 2.01. The Morgan fingerprint density at radius 3 is 2.58 bits per heavy atom. The fraction of sp³-hybridized carbons (Fsp3) is 0.267. The number of ether oxygens (including phenoxy) is 1. The van der Waals surface area contributed by atoms with E-state index in [1.807, 2.05) is 36.4 Å². The van der Waals surface area contributed by atoms with Crippen molar-refractivity contribution in [3.63, 3.8) is 0 Å². The normalized spacial score (nSPS) is 10.6. The Hall–Kier alpha value is -1.74. The van der Waals surface area contributed by atoms with E-state index in [4.69, 9.17) is 21.4 Å². The molecule has 0 amide bonds. The van der Waals surface area contributed by atoms with Crippen molar-refractivity contribution in [1.82, 2.24) is 0 Å². The maximum atomic E-state index is 10.4. The third-order valence-corrected chi connectivity index (χ3v) is 3.20. The van der Waals surface area contributed by atoms with Gasteiger partial charge in [-0.3, -0.25) is 4.79 Å². The number of unbranched alkanes of at least 4 members (excludes halogenated alkanes) is 1. The number of carboxylic acid groups (broad SMARTS) is 1. The average Bonchev–Trinajstić information content (AvgIpc) is 2.41. The minimum absolute atomic E-state index is 0.185. The number of rotatable bonds is 6. The first-order chi connectivity index (χ1) is 9.18. The van der Waals surface area contributed by atoms with E-state index in [1.165, 1.54) is 0 Å². The summed E-state index contributed by atoms with van der Waals surface area (Å²) in [5.74, 6) is 0.0206. The van der Waals surface area contributed by atoms with Crippen LogP contribution in [0.25, 0.3) is 10.8 Å². The van der Waals surface area contributed by atoms with E-state index in [2.05, 4.69) is 0 Å². The van der Waals surface area contributed by atoms with E-state index in [0.29, 0.717) is 18.1 Å². The van der Waals surface area contributed by atoms with Gasteiger partial charge in [-0.2, -0.15) is 0 Å². The molecule has 0 aromatic heterocycles. The second kappa shape index (κ2) is 6.43. The van der Waals surface area contributed by atoms with E-state index < -0.39 is 5.97 Å². The fourth-order valence-corrected chi connectivity index (χ4v) is 2.15. The Morgan fingerprint density at radius 1 is 1.11 bits per heavy atom. The van der Waals surface area contributed by atoms with Crippen LogP contribution >= 0.6 is 11.6 Å². The smallest absolute Gasteiger partial charge is 0.303 e. The quantitative estimate of drug-likeness (QED) is 0.808. The van der Waals surface area contributed by atoms with Crippen molar-refractivity contribution in [3.05, 3.63) is 41.4 Å². The number of fused-ring (bicyclic) bond motifs is 1. The van der Waals surface area contributed by atoms with Crippen molar-refractivity contribution in [2.75, 3.05) is 6.61 Å². The fourth-order valence-electron chi connectivity index (χ4n) is 1.92. The van der Waals surface area contributed by atoms with Crippen LogP contribution in [0.5, 0.6) is 5.75 Å². The van der Waals surface area contributed by atoms with Gasteiger partial charge in [-0.05, 0) is 25.0 Å². The van der Waals surface area contributed by atoms with Gasteiger partial charge in [0.25, 0.3) is 0 Å². The summed E-state index contributed by atoms with van der Waals surface area (Å²) in [6, 6.07) is 11.5. The van der Waals surface area contributed by atoms with Gasteiger partial charge >= 0.3 is 5.97 Å². The lowest BCUT2D eigenvalue weighted by atomic mass is 10.1. The molecule has 2 aromatic rings. The molecule has 0 aliphatic rings. The lowest BCUT2D eigenvalue weighted by Gasteiger charge is -2.10. The zero-order valence-electron chi connectivity index (χ0n) is 10.4. The van der Waals surface area contributed by atoms with Crippen LogP contribution in [0.4, 0.5) is 0 Å². The number of aliphatic carboxylic acids is 1.